The van der Waals surface area contributed by atoms with Crippen LogP contribution >= 0.6 is 0 Å². The lowest BCUT2D eigenvalue weighted by molar-refractivity contribution is -0.274. The normalized spacial score (nSPS) is 11.2. The van der Waals surface area contributed by atoms with E-state index in [4.69, 9.17) is 0 Å². The van der Waals surface area contributed by atoms with Gasteiger partial charge >= 0.3 is 12.4 Å². The molecule has 0 atom stereocenters. The zero-order valence-electron chi connectivity index (χ0n) is 16.8. The molecule has 2 amide bonds. The lowest BCUT2D eigenvalue weighted by Gasteiger charge is -2.09. The predicted molar refractivity (Wildman–Crippen MR) is 115 cm³/mol. The molecule has 1 aromatic heterocycles. The van der Waals surface area contributed by atoms with Gasteiger partial charge in [-0.1, -0.05) is 24.3 Å². The van der Waals surface area contributed by atoms with E-state index in [1.807, 2.05) is 0 Å². The van der Waals surface area contributed by atoms with Crippen molar-refractivity contribution in [1.29, 1.82) is 0 Å². The van der Waals surface area contributed by atoms with Crippen LogP contribution in [0.4, 0.5) is 33.7 Å². The zero-order valence-corrected chi connectivity index (χ0v) is 16.8. The highest BCUT2D eigenvalue weighted by molar-refractivity contribution is 5.99. The van der Waals surface area contributed by atoms with E-state index in [0.717, 1.165) is 5.56 Å². The third-order valence-electron chi connectivity index (χ3n) is 4.50. The van der Waals surface area contributed by atoms with Crippen LogP contribution in [0.3, 0.4) is 0 Å². The topological polar surface area (TPSA) is 79.0 Å². The Hall–Kier alpha value is -4.34. The fraction of sp³-hybridized carbons (Fsp3) is 0.0435. The minimum absolute atomic E-state index is 0.334. The minimum atomic E-state index is -4.78. The third kappa shape index (κ3) is 5.88. The van der Waals surface area contributed by atoms with Crippen LogP contribution in [0.5, 0.6) is 5.75 Å². The Labute approximate surface area is 185 Å². The van der Waals surface area contributed by atoms with Gasteiger partial charge in [-0.15, -0.1) is 13.2 Å². The standard InChI is InChI=1S/C23H16F4N4O2/c24-16-6-10-18(11-7-16)29-22(32)28-17-8-4-14(5-9-17)20-13-21(31-30-20)15-2-1-3-19(12-15)33-23(25,26)27/h1-13H,(H,30,31)(H2,28,29,32). The number of rotatable bonds is 5. The first-order chi connectivity index (χ1) is 15.7. The molecule has 4 aromatic rings. The molecule has 1 heterocycles. The number of anilines is 2. The molecule has 0 bridgehead atoms. The van der Waals surface area contributed by atoms with Gasteiger partial charge in [-0.3, -0.25) is 5.10 Å². The number of aromatic nitrogens is 2. The molecule has 0 unspecified atom stereocenters. The summed E-state index contributed by atoms with van der Waals surface area (Å²) in [5, 5.41) is 12.3. The van der Waals surface area contributed by atoms with Gasteiger partial charge in [0, 0.05) is 16.9 Å². The predicted octanol–water partition coefficient (Wildman–Crippen LogP) is 6.43. The van der Waals surface area contributed by atoms with Gasteiger partial charge < -0.3 is 15.4 Å². The Bertz CT molecular complexity index is 1250. The van der Waals surface area contributed by atoms with Crippen molar-refractivity contribution in [1.82, 2.24) is 10.2 Å². The lowest BCUT2D eigenvalue weighted by Crippen LogP contribution is -2.19. The highest BCUT2D eigenvalue weighted by Gasteiger charge is 2.31. The monoisotopic (exact) mass is 456 g/mol. The van der Waals surface area contributed by atoms with Gasteiger partial charge in [-0.2, -0.15) is 5.10 Å². The Morgan fingerprint density at radius 2 is 1.48 bits per heavy atom. The van der Waals surface area contributed by atoms with E-state index in [1.54, 1.807) is 36.4 Å². The van der Waals surface area contributed by atoms with Crippen LogP contribution in [-0.2, 0) is 0 Å². The lowest BCUT2D eigenvalue weighted by atomic mass is 10.1. The van der Waals surface area contributed by atoms with Gasteiger partial charge in [-0.25, -0.2) is 9.18 Å². The maximum Gasteiger partial charge on any atom is 0.573 e. The molecular weight excluding hydrogens is 440 g/mol. The van der Waals surface area contributed by atoms with E-state index < -0.39 is 18.2 Å². The summed E-state index contributed by atoms with van der Waals surface area (Å²) >= 11 is 0. The minimum Gasteiger partial charge on any atom is -0.406 e. The highest BCUT2D eigenvalue weighted by atomic mass is 19.4. The summed E-state index contributed by atoms with van der Waals surface area (Å²) in [6.07, 6.45) is -4.78. The molecule has 168 valence electrons. The van der Waals surface area contributed by atoms with Gasteiger partial charge in [0.2, 0.25) is 0 Å². The molecule has 0 aliphatic heterocycles. The van der Waals surface area contributed by atoms with Crippen molar-refractivity contribution in [2.45, 2.75) is 6.36 Å². The van der Waals surface area contributed by atoms with Crippen LogP contribution in [0.2, 0.25) is 0 Å². The summed E-state index contributed by atoms with van der Waals surface area (Å²) in [7, 11) is 0. The molecular formula is C23H16F4N4O2. The van der Waals surface area contributed by atoms with Crippen molar-refractivity contribution >= 4 is 17.4 Å². The molecule has 0 saturated carbocycles. The summed E-state index contributed by atoms with van der Waals surface area (Å²) in [6, 6.07) is 18.9. The second-order valence-electron chi connectivity index (χ2n) is 6.91. The van der Waals surface area contributed by atoms with E-state index >= 15 is 0 Å². The van der Waals surface area contributed by atoms with Gasteiger partial charge in [-0.05, 0) is 60.2 Å². The number of carbonyl (C=O) groups is 1. The number of nitrogens with one attached hydrogen (secondary N) is 3. The molecule has 3 aromatic carbocycles. The maximum atomic E-state index is 12.9. The number of nitrogens with zero attached hydrogens (tertiary/aromatic N) is 1. The molecule has 0 aliphatic rings. The number of hydrogen-bond acceptors (Lipinski definition) is 3. The SMILES string of the molecule is O=C(Nc1ccc(F)cc1)Nc1ccc(-c2cc(-c3cccc(OC(F)(F)F)c3)n[nH]2)cc1. The van der Waals surface area contributed by atoms with E-state index in [-0.39, 0.29) is 5.75 Å². The second kappa shape index (κ2) is 9.03. The van der Waals surface area contributed by atoms with Crippen molar-refractivity contribution < 1.29 is 27.1 Å². The molecule has 3 N–H and O–H groups in total. The highest BCUT2D eigenvalue weighted by Crippen LogP contribution is 2.29. The smallest absolute Gasteiger partial charge is 0.406 e. The van der Waals surface area contributed by atoms with Crippen LogP contribution in [0.25, 0.3) is 22.5 Å². The first-order valence-electron chi connectivity index (χ1n) is 9.61. The maximum absolute atomic E-state index is 12.9. The summed E-state index contributed by atoms with van der Waals surface area (Å²) in [5.41, 5.74) is 3.25. The van der Waals surface area contributed by atoms with Gasteiger partial charge in [0.05, 0.1) is 11.4 Å². The fourth-order valence-corrected chi connectivity index (χ4v) is 3.03. The van der Waals surface area contributed by atoms with E-state index in [1.165, 1.54) is 42.5 Å². The quantitative estimate of drug-likeness (QED) is 0.303. The molecule has 33 heavy (non-hydrogen) atoms. The van der Waals surface area contributed by atoms with E-state index in [9.17, 15) is 22.4 Å². The van der Waals surface area contributed by atoms with Crippen LogP contribution in [0, 0.1) is 5.82 Å². The number of aromatic amines is 1. The van der Waals surface area contributed by atoms with Crippen LogP contribution < -0.4 is 15.4 Å². The molecule has 10 heteroatoms. The Kier molecular flexibility index (Phi) is 5.99. The van der Waals surface area contributed by atoms with Crippen molar-refractivity contribution in [3.05, 3.63) is 84.7 Å². The van der Waals surface area contributed by atoms with Crippen molar-refractivity contribution in [3.8, 4) is 28.3 Å². The number of benzene rings is 3. The average Bonchev–Trinajstić information content (AvgIpc) is 3.25. The second-order valence-corrected chi connectivity index (χ2v) is 6.91. The molecule has 0 fully saturated rings. The van der Waals surface area contributed by atoms with Crippen LogP contribution in [0.15, 0.2) is 78.9 Å². The van der Waals surface area contributed by atoms with E-state index in [0.29, 0.717) is 28.3 Å². The molecule has 0 saturated heterocycles. The summed E-state index contributed by atoms with van der Waals surface area (Å²) in [4.78, 5) is 12.1. The summed E-state index contributed by atoms with van der Waals surface area (Å²) in [6.45, 7) is 0. The molecule has 4 rings (SSSR count). The van der Waals surface area contributed by atoms with Gasteiger partial charge in [0.25, 0.3) is 0 Å². The molecule has 0 spiro atoms. The molecule has 0 aliphatic carbocycles. The number of halogens is 4. The number of amides is 2. The zero-order chi connectivity index (χ0) is 23.4. The van der Waals surface area contributed by atoms with Crippen molar-refractivity contribution in [2.75, 3.05) is 10.6 Å². The first-order valence-corrected chi connectivity index (χ1v) is 9.61. The summed E-state index contributed by atoms with van der Waals surface area (Å²) < 4.78 is 54.2. The average molecular weight is 456 g/mol. The van der Waals surface area contributed by atoms with Crippen molar-refractivity contribution in [2.24, 2.45) is 0 Å². The molecule has 0 radical (unpaired) electrons. The third-order valence-corrected chi connectivity index (χ3v) is 4.50. The number of ether oxygens (including phenoxy) is 1. The fourth-order valence-electron chi connectivity index (χ4n) is 3.03. The first kappa shape index (κ1) is 21.9. The number of carbonyl (C=O) groups excluding carboxylic acids is 1. The summed E-state index contributed by atoms with van der Waals surface area (Å²) in [5.74, 6) is -0.736. The number of urea groups is 1. The van der Waals surface area contributed by atoms with Gasteiger partial charge in [0.15, 0.2) is 0 Å². The number of H-pyrrole nitrogens is 1. The van der Waals surface area contributed by atoms with Crippen LogP contribution in [-0.4, -0.2) is 22.6 Å². The van der Waals surface area contributed by atoms with Crippen molar-refractivity contribution in [3.63, 3.8) is 0 Å². The molecule has 6 nitrogen and oxygen atoms in total. The largest absolute Gasteiger partial charge is 0.573 e. The van der Waals surface area contributed by atoms with Gasteiger partial charge in [0.1, 0.15) is 11.6 Å². The number of hydrogen-bond donors (Lipinski definition) is 3. The van der Waals surface area contributed by atoms with E-state index in [2.05, 4.69) is 25.6 Å². The Balaban J connectivity index is 1.42. The van der Waals surface area contributed by atoms with Crippen LogP contribution in [0.1, 0.15) is 0 Å². The number of alkyl halides is 3. The Morgan fingerprint density at radius 1 is 0.848 bits per heavy atom. The Morgan fingerprint density at radius 3 is 2.12 bits per heavy atom.